The van der Waals surface area contributed by atoms with Crippen LogP contribution in [0.3, 0.4) is 0 Å². The van der Waals surface area contributed by atoms with Gasteiger partial charge in [0.1, 0.15) is 11.4 Å². The standard InChI is InChI=1S/C27H25ClFN9O/c28-26-30-7-9-36(26)19-12-21(22(39)10-16-3-6-23(29)31-13-16)37(15-19)27-34-25(20-2-1-8-38(20)35-27)33-24-11-18(14-32-24)17-4-5-17/h1-3,6-9,11,13,17,19,21H,4-5,10,12,14-15H2,(H,32,33,34,35)/t19-,21-/m0/s1. The zero-order valence-corrected chi connectivity index (χ0v) is 21.7. The second-order valence-corrected chi connectivity index (χ2v) is 10.5. The van der Waals surface area contributed by atoms with E-state index < -0.39 is 12.0 Å². The minimum Gasteiger partial charge on any atom is -0.327 e. The summed E-state index contributed by atoms with van der Waals surface area (Å²) in [5.74, 6) is 1.86. The number of hydrogen-bond acceptors (Lipinski definition) is 8. The number of carbonyl (C=O) groups excluding carboxylic acids is 1. The van der Waals surface area contributed by atoms with Gasteiger partial charge < -0.3 is 14.8 Å². The first-order valence-corrected chi connectivity index (χ1v) is 13.3. The summed E-state index contributed by atoms with van der Waals surface area (Å²) < 4.78 is 17.0. The Morgan fingerprint density at radius 1 is 1.18 bits per heavy atom. The fraction of sp³-hybridized carbons (Fsp3) is 0.333. The Morgan fingerprint density at radius 3 is 2.85 bits per heavy atom. The minimum atomic E-state index is -0.581. The van der Waals surface area contributed by atoms with E-state index in [1.54, 1.807) is 16.8 Å². The molecule has 0 unspecified atom stereocenters. The van der Waals surface area contributed by atoms with Crippen LogP contribution in [0.25, 0.3) is 5.52 Å². The van der Waals surface area contributed by atoms with Crippen molar-refractivity contribution >= 4 is 40.5 Å². The van der Waals surface area contributed by atoms with Crippen molar-refractivity contribution in [2.75, 3.05) is 23.3 Å². The molecule has 1 saturated heterocycles. The number of anilines is 2. The number of ketones is 1. The van der Waals surface area contributed by atoms with Gasteiger partial charge in [-0.25, -0.2) is 14.5 Å². The fourth-order valence-electron chi connectivity index (χ4n) is 5.42. The summed E-state index contributed by atoms with van der Waals surface area (Å²) in [6.45, 7) is 1.18. The van der Waals surface area contributed by atoms with Gasteiger partial charge in [-0.15, -0.1) is 5.10 Å². The molecule has 39 heavy (non-hydrogen) atoms. The lowest BCUT2D eigenvalue weighted by Crippen LogP contribution is -2.38. The SMILES string of the molecule is O=C(Cc1ccc(F)nc1)[C@@H]1C[C@H](n2ccnc2Cl)CN1c1nc(NC2=NCC(C3CC3)=C2)c2cccn2n1. The van der Waals surface area contributed by atoms with E-state index >= 15 is 0 Å². The maximum atomic E-state index is 13.6. The third-order valence-corrected chi connectivity index (χ3v) is 7.86. The number of carbonyl (C=O) groups is 1. The van der Waals surface area contributed by atoms with Crippen LogP contribution in [0.2, 0.25) is 5.28 Å². The topological polar surface area (TPSA) is 106 Å². The van der Waals surface area contributed by atoms with Crippen LogP contribution in [0.4, 0.5) is 16.2 Å². The summed E-state index contributed by atoms with van der Waals surface area (Å²) in [6.07, 6.45) is 11.9. The van der Waals surface area contributed by atoms with Crippen molar-refractivity contribution in [1.29, 1.82) is 0 Å². The number of pyridine rings is 1. The van der Waals surface area contributed by atoms with Crippen LogP contribution in [0.15, 0.2) is 65.7 Å². The van der Waals surface area contributed by atoms with E-state index in [4.69, 9.17) is 21.7 Å². The van der Waals surface area contributed by atoms with Crippen molar-refractivity contribution in [1.82, 2.24) is 29.1 Å². The smallest absolute Gasteiger partial charge is 0.246 e. The van der Waals surface area contributed by atoms with Crippen LogP contribution >= 0.6 is 11.6 Å². The first-order chi connectivity index (χ1) is 19.0. The molecule has 2 atom stereocenters. The highest BCUT2D eigenvalue weighted by molar-refractivity contribution is 6.28. The average molecular weight is 546 g/mol. The summed E-state index contributed by atoms with van der Waals surface area (Å²) in [7, 11) is 0. The molecule has 10 nitrogen and oxygen atoms in total. The molecule has 0 aromatic carbocycles. The van der Waals surface area contributed by atoms with Gasteiger partial charge >= 0.3 is 0 Å². The number of nitrogens with zero attached hydrogens (tertiary/aromatic N) is 8. The molecule has 1 saturated carbocycles. The molecule has 0 bridgehead atoms. The Hall–Kier alpha value is -4.12. The summed E-state index contributed by atoms with van der Waals surface area (Å²) in [4.78, 5) is 33.0. The number of amidine groups is 1. The normalized spacial score (nSPS) is 20.9. The molecular weight excluding hydrogens is 521 g/mol. The molecular formula is C27H25ClFN9O. The lowest BCUT2D eigenvalue weighted by Gasteiger charge is -2.24. The van der Waals surface area contributed by atoms with Crippen molar-refractivity contribution in [3.63, 3.8) is 0 Å². The molecule has 0 radical (unpaired) electrons. The number of hydrogen-bond donors (Lipinski definition) is 1. The van der Waals surface area contributed by atoms with Gasteiger partial charge in [-0.05, 0) is 72.2 Å². The molecule has 2 fully saturated rings. The molecule has 4 aromatic heterocycles. The fourth-order valence-corrected chi connectivity index (χ4v) is 5.67. The van der Waals surface area contributed by atoms with Gasteiger partial charge in [-0.3, -0.25) is 9.79 Å². The summed E-state index contributed by atoms with van der Waals surface area (Å²) in [5, 5.41) is 8.51. The van der Waals surface area contributed by atoms with E-state index in [0.29, 0.717) is 41.5 Å². The number of aliphatic imine (C=N–C) groups is 1. The lowest BCUT2D eigenvalue weighted by molar-refractivity contribution is -0.119. The van der Waals surface area contributed by atoms with Crippen molar-refractivity contribution in [3.05, 3.63) is 77.5 Å². The predicted octanol–water partition coefficient (Wildman–Crippen LogP) is 3.91. The largest absolute Gasteiger partial charge is 0.327 e. The molecule has 1 aliphatic carbocycles. The van der Waals surface area contributed by atoms with Gasteiger partial charge in [-0.2, -0.15) is 9.37 Å². The Bertz CT molecular complexity index is 1620. The van der Waals surface area contributed by atoms with Crippen LogP contribution < -0.4 is 10.2 Å². The first-order valence-electron chi connectivity index (χ1n) is 13.0. The number of halogens is 2. The number of Topliss-reactive ketones (excluding diaryl/α,β-unsaturated/α-hetero) is 1. The molecule has 2 aliphatic heterocycles. The van der Waals surface area contributed by atoms with E-state index in [9.17, 15) is 9.18 Å². The Kier molecular flexibility index (Phi) is 5.88. The third kappa shape index (κ3) is 4.67. The van der Waals surface area contributed by atoms with E-state index in [-0.39, 0.29) is 18.2 Å². The molecule has 3 aliphatic rings. The van der Waals surface area contributed by atoms with Crippen molar-refractivity contribution in [3.8, 4) is 0 Å². The van der Waals surface area contributed by atoms with Crippen molar-refractivity contribution in [2.24, 2.45) is 10.9 Å². The second-order valence-electron chi connectivity index (χ2n) is 10.2. The van der Waals surface area contributed by atoms with Crippen LogP contribution in [0.5, 0.6) is 0 Å². The van der Waals surface area contributed by atoms with Gasteiger partial charge in [0.25, 0.3) is 0 Å². The highest BCUT2D eigenvalue weighted by Gasteiger charge is 2.40. The molecule has 7 rings (SSSR count). The molecule has 4 aromatic rings. The van der Waals surface area contributed by atoms with E-state index in [0.717, 1.165) is 17.9 Å². The van der Waals surface area contributed by atoms with Crippen LogP contribution in [0, 0.1) is 11.9 Å². The molecule has 1 N–H and O–H groups in total. The van der Waals surface area contributed by atoms with Gasteiger partial charge in [-0.1, -0.05) is 6.07 Å². The Morgan fingerprint density at radius 2 is 2.08 bits per heavy atom. The van der Waals surface area contributed by atoms with Gasteiger partial charge in [0.05, 0.1) is 18.6 Å². The molecule has 6 heterocycles. The first kappa shape index (κ1) is 24.0. The number of aromatic nitrogens is 6. The molecule has 12 heteroatoms. The Labute approximate surface area is 228 Å². The Balaban J connectivity index is 1.22. The zero-order valence-electron chi connectivity index (χ0n) is 20.9. The minimum absolute atomic E-state index is 0.0370. The number of rotatable bonds is 7. The van der Waals surface area contributed by atoms with Crippen LogP contribution in [0.1, 0.15) is 30.9 Å². The van der Waals surface area contributed by atoms with Crippen LogP contribution in [-0.4, -0.2) is 59.9 Å². The predicted molar refractivity (Wildman–Crippen MR) is 145 cm³/mol. The van der Waals surface area contributed by atoms with Gasteiger partial charge in [0.2, 0.25) is 17.2 Å². The van der Waals surface area contributed by atoms with Gasteiger partial charge in [0.15, 0.2) is 11.6 Å². The van der Waals surface area contributed by atoms with E-state index in [1.807, 2.05) is 34.0 Å². The van der Waals surface area contributed by atoms with Crippen LogP contribution in [-0.2, 0) is 11.2 Å². The summed E-state index contributed by atoms with van der Waals surface area (Å²) in [5.41, 5.74) is 2.81. The van der Waals surface area contributed by atoms with E-state index in [1.165, 1.54) is 30.7 Å². The summed E-state index contributed by atoms with van der Waals surface area (Å²) >= 11 is 6.35. The zero-order chi connectivity index (χ0) is 26.5. The van der Waals surface area contributed by atoms with Crippen molar-refractivity contribution in [2.45, 2.75) is 37.8 Å². The highest BCUT2D eigenvalue weighted by Crippen LogP contribution is 2.38. The van der Waals surface area contributed by atoms with E-state index in [2.05, 4.69) is 26.4 Å². The molecule has 198 valence electrons. The number of imidazole rings is 1. The number of fused-ring (bicyclic) bond motifs is 1. The quantitative estimate of drug-likeness (QED) is 0.351. The highest BCUT2D eigenvalue weighted by atomic mass is 35.5. The maximum absolute atomic E-state index is 13.6. The molecule has 0 amide bonds. The monoisotopic (exact) mass is 545 g/mol. The maximum Gasteiger partial charge on any atom is 0.246 e. The van der Waals surface area contributed by atoms with Crippen molar-refractivity contribution < 1.29 is 9.18 Å². The summed E-state index contributed by atoms with van der Waals surface area (Å²) in [6, 6.07) is 6.06. The second kappa shape index (κ2) is 9.57. The lowest BCUT2D eigenvalue weighted by atomic mass is 10.0. The third-order valence-electron chi connectivity index (χ3n) is 7.57. The molecule has 0 spiro atoms. The number of nitrogens with one attached hydrogen (secondary N) is 1. The average Bonchev–Trinajstić information content (AvgIpc) is 3.32. The van der Waals surface area contributed by atoms with Gasteiger partial charge in [0, 0.05) is 37.8 Å².